The van der Waals surface area contributed by atoms with Crippen LogP contribution in [-0.2, 0) is 4.79 Å². The summed E-state index contributed by atoms with van der Waals surface area (Å²) in [6, 6.07) is 0.0804. The third-order valence-corrected chi connectivity index (χ3v) is 3.62. The Kier molecular flexibility index (Phi) is 2.52. The topological polar surface area (TPSA) is 41.1 Å². The number of carbonyl (C=O) groups is 1. The van der Waals surface area contributed by atoms with Gasteiger partial charge in [-0.25, -0.2) is 0 Å². The van der Waals surface area contributed by atoms with Crippen LogP contribution in [0.5, 0.6) is 0 Å². The zero-order valence-corrected chi connectivity index (χ0v) is 9.10. The molecule has 1 amide bonds. The van der Waals surface area contributed by atoms with Crippen LogP contribution in [0.25, 0.3) is 0 Å². The van der Waals surface area contributed by atoms with E-state index in [1.165, 1.54) is 6.42 Å². The lowest BCUT2D eigenvalue weighted by atomic mass is 10.1. The van der Waals surface area contributed by atoms with Gasteiger partial charge in [0.05, 0.1) is 6.04 Å². The Bertz CT molecular complexity index is 231. The number of carbonyl (C=O) groups excluding carboxylic acids is 1. The minimum atomic E-state index is 0.0804. The number of hydrogen-bond donors (Lipinski definition) is 2. The molecule has 1 saturated carbocycles. The van der Waals surface area contributed by atoms with E-state index in [0.29, 0.717) is 11.3 Å². The van der Waals surface area contributed by atoms with Crippen LogP contribution in [-0.4, -0.2) is 25.0 Å². The SMILES string of the molecule is CC1(C)CC1CNC(=O)[C@@H]1CCCN1. The van der Waals surface area contributed by atoms with Gasteiger partial charge in [-0.15, -0.1) is 0 Å². The molecule has 80 valence electrons. The molecule has 1 aliphatic carbocycles. The largest absolute Gasteiger partial charge is 0.354 e. The molecule has 0 spiro atoms. The Labute approximate surface area is 85.6 Å². The molecular weight excluding hydrogens is 176 g/mol. The van der Waals surface area contributed by atoms with Gasteiger partial charge in [0.1, 0.15) is 0 Å². The monoisotopic (exact) mass is 196 g/mol. The van der Waals surface area contributed by atoms with Crippen molar-refractivity contribution in [3.63, 3.8) is 0 Å². The van der Waals surface area contributed by atoms with Crippen LogP contribution in [0, 0.1) is 11.3 Å². The van der Waals surface area contributed by atoms with E-state index in [4.69, 9.17) is 0 Å². The Morgan fingerprint density at radius 1 is 1.57 bits per heavy atom. The van der Waals surface area contributed by atoms with Crippen LogP contribution in [0.15, 0.2) is 0 Å². The molecule has 3 nitrogen and oxygen atoms in total. The second-order valence-electron chi connectivity index (χ2n) is 5.28. The number of hydrogen-bond acceptors (Lipinski definition) is 2. The molecule has 0 aromatic carbocycles. The van der Waals surface area contributed by atoms with Gasteiger partial charge in [0.15, 0.2) is 0 Å². The van der Waals surface area contributed by atoms with E-state index in [1.807, 2.05) is 0 Å². The Morgan fingerprint density at radius 3 is 2.79 bits per heavy atom. The van der Waals surface area contributed by atoms with Gasteiger partial charge < -0.3 is 10.6 Å². The lowest BCUT2D eigenvalue weighted by molar-refractivity contribution is -0.122. The predicted octanol–water partition coefficient (Wildman–Crippen LogP) is 0.901. The summed E-state index contributed by atoms with van der Waals surface area (Å²) >= 11 is 0. The first-order valence-corrected chi connectivity index (χ1v) is 5.61. The summed E-state index contributed by atoms with van der Waals surface area (Å²) in [6.07, 6.45) is 3.39. The fraction of sp³-hybridized carbons (Fsp3) is 0.909. The zero-order valence-electron chi connectivity index (χ0n) is 9.10. The maximum absolute atomic E-state index is 11.6. The van der Waals surface area contributed by atoms with E-state index < -0.39 is 0 Å². The first kappa shape index (κ1) is 9.97. The summed E-state index contributed by atoms with van der Waals surface area (Å²) in [5.74, 6) is 0.901. The highest BCUT2D eigenvalue weighted by atomic mass is 16.2. The van der Waals surface area contributed by atoms with E-state index in [0.717, 1.165) is 25.9 Å². The number of rotatable bonds is 3. The van der Waals surface area contributed by atoms with Crippen LogP contribution in [0.3, 0.4) is 0 Å². The Balaban J connectivity index is 1.68. The van der Waals surface area contributed by atoms with Crippen molar-refractivity contribution in [1.29, 1.82) is 0 Å². The molecule has 14 heavy (non-hydrogen) atoms. The molecule has 0 radical (unpaired) electrons. The van der Waals surface area contributed by atoms with Gasteiger partial charge in [0, 0.05) is 6.54 Å². The van der Waals surface area contributed by atoms with E-state index in [1.54, 1.807) is 0 Å². The van der Waals surface area contributed by atoms with Gasteiger partial charge in [0.2, 0.25) is 5.91 Å². The standard InChI is InChI=1S/C11H20N2O/c1-11(2)6-8(11)7-13-10(14)9-4-3-5-12-9/h8-9,12H,3-7H2,1-2H3,(H,13,14)/t8?,9-/m0/s1. The average molecular weight is 196 g/mol. The summed E-state index contributed by atoms with van der Waals surface area (Å²) in [5.41, 5.74) is 0.469. The van der Waals surface area contributed by atoms with Crippen molar-refractivity contribution in [2.45, 2.75) is 39.2 Å². The number of amides is 1. The lowest BCUT2D eigenvalue weighted by Gasteiger charge is -2.11. The molecule has 2 fully saturated rings. The highest BCUT2D eigenvalue weighted by Crippen LogP contribution is 2.50. The van der Waals surface area contributed by atoms with Gasteiger partial charge in [-0.1, -0.05) is 13.8 Å². The second kappa shape index (κ2) is 3.54. The smallest absolute Gasteiger partial charge is 0.237 e. The average Bonchev–Trinajstić information content (AvgIpc) is 2.58. The highest BCUT2D eigenvalue weighted by molar-refractivity contribution is 5.82. The van der Waals surface area contributed by atoms with Crippen LogP contribution in [0.1, 0.15) is 33.1 Å². The first-order valence-electron chi connectivity index (χ1n) is 5.61. The third kappa shape index (κ3) is 2.08. The van der Waals surface area contributed by atoms with Crippen LogP contribution in [0.4, 0.5) is 0 Å². The van der Waals surface area contributed by atoms with E-state index in [2.05, 4.69) is 24.5 Å². The third-order valence-electron chi connectivity index (χ3n) is 3.62. The van der Waals surface area contributed by atoms with Crippen molar-refractivity contribution in [2.24, 2.45) is 11.3 Å². The maximum Gasteiger partial charge on any atom is 0.237 e. The van der Waals surface area contributed by atoms with E-state index in [-0.39, 0.29) is 11.9 Å². The highest BCUT2D eigenvalue weighted by Gasteiger charge is 2.45. The van der Waals surface area contributed by atoms with Gasteiger partial charge in [-0.2, -0.15) is 0 Å². The summed E-state index contributed by atoms with van der Waals surface area (Å²) in [6.45, 7) is 6.38. The number of nitrogens with one attached hydrogen (secondary N) is 2. The van der Waals surface area contributed by atoms with Crippen LogP contribution >= 0.6 is 0 Å². The minimum Gasteiger partial charge on any atom is -0.354 e. The fourth-order valence-corrected chi connectivity index (χ4v) is 2.18. The first-order chi connectivity index (χ1) is 6.59. The molecule has 0 aromatic heterocycles. The molecule has 0 aromatic rings. The summed E-state index contributed by atoms with van der Waals surface area (Å²) < 4.78 is 0. The molecule has 1 unspecified atom stereocenters. The molecule has 2 N–H and O–H groups in total. The summed E-state index contributed by atoms with van der Waals surface area (Å²) in [4.78, 5) is 11.6. The van der Waals surface area contributed by atoms with Crippen molar-refractivity contribution in [1.82, 2.24) is 10.6 Å². The van der Waals surface area contributed by atoms with Gasteiger partial charge in [-0.05, 0) is 37.1 Å². The molecule has 2 aliphatic rings. The Hall–Kier alpha value is -0.570. The van der Waals surface area contributed by atoms with E-state index >= 15 is 0 Å². The quantitative estimate of drug-likeness (QED) is 0.704. The molecule has 2 rings (SSSR count). The van der Waals surface area contributed by atoms with Gasteiger partial charge in [-0.3, -0.25) is 4.79 Å². The predicted molar refractivity (Wildman–Crippen MR) is 55.9 cm³/mol. The maximum atomic E-state index is 11.6. The van der Waals surface area contributed by atoms with Gasteiger partial charge >= 0.3 is 0 Å². The Morgan fingerprint density at radius 2 is 2.29 bits per heavy atom. The molecule has 2 atom stereocenters. The second-order valence-corrected chi connectivity index (χ2v) is 5.28. The van der Waals surface area contributed by atoms with Crippen LogP contribution < -0.4 is 10.6 Å². The normalized spacial score (nSPS) is 34.1. The molecule has 1 saturated heterocycles. The lowest BCUT2D eigenvalue weighted by Crippen LogP contribution is -2.41. The van der Waals surface area contributed by atoms with Crippen LogP contribution in [0.2, 0.25) is 0 Å². The molecule has 1 aliphatic heterocycles. The minimum absolute atomic E-state index is 0.0804. The zero-order chi connectivity index (χ0) is 10.2. The summed E-state index contributed by atoms with van der Waals surface area (Å²) in [5, 5.41) is 6.25. The van der Waals surface area contributed by atoms with Crippen molar-refractivity contribution in [3.8, 4) is 0 Å². The van der Waals surface area contributed by atoms with Crippen molar-refractivity contribution in [2.75, 3.05) is 13.1 Å². The van der Waals surface area contributed by atoms with E-state index in [9.17, 15) is 4.79 Å². The molecule has 1 heterocycles. The molecule has 3 heteroatoms. The molecular formula is C11H20N2O. The van der Waals surface area contributed by atoms with Crippen molar-refractivity contribution < 1.29 is 4.79 Å². The fourth-order valence-electron chi connectivity index (χ4n) is 2.18. The van der Waals surface area contributed by atoms with Crippen molar-refractivity contribution >= 4 is 5.91 Å². The summed E-state index contributed by atoms with van der Waals surface area (Å²) in [7, 11) is 0. The van der Waals surface area contributed by atoms with Crippen molar-refractivity contribution in [3.05, 3.63) is 0 Å². The van der Waals surface area contributed by atoms with Gasteiger partial charge in [0.25, 0.3) is 0 Å². The molecule has 0 bridgehead atoms.